The summed E-state index contributed by atoms with van der Waals surface area (Å²) in [5.74, 6) is 0.436. The molecule has 1 heterocycles. The third-order valence-electron chi connectivity index (χ3n) is 4.37. The van der Waals surface area contributed by atoms with Crippen molar-refractivity contribution < 1.29 is 8.42 Å². The number of hydrogen-bond donors (Lipinski definition) is 0. The van der Waals surface area contributed by atoms with Crippen molar-refractivity contribution in [1.82, 2.24) is 0 Å². The monoisotopic (exact) mass is 261 g/mol. The van der Waals surface area contributed by atoms with Gasteiger partial charge in [-0.1, -0.05) is 24.3 Å². The fourth-order valence-electron chi connectivity index (χ4n) is 3.33. The van der Waals surface area contributed by atoms with E-state index in [-0.39, 0.29) is 17.4 Å². The van der Waals surface area contributed by atoms with Crippen molar-refractivity contribution in [3.8, 4) is 6.07 Å². The standard InChI is InChI=1S/C14H15NO2S/c15-10-14(13-5-6-18(16,17)9-13)7-11-3-1-2-4-12(11)8-14/h1-4,13H,5-9H2. The molecular weight excluding hydrogens is 246 g/mol. The largest absolute Gasteiger partial charge is 0.229 e. The van der Waals surface area contributed by atoms with Crippen LogP contribution in [0, 0.1) is 22.7 Å². The normalized spacial score (nSPS) is 27.6. The maximum atomic E-state index is 11.6. The van der Waals surface area contributed by atoms with Crippen LogP contribution in [-0.2, 0) is 22.7 Å². The first-order chi connectivity index (χ1) is 8.55. The molecule has 4 heteroatoms. The van der Waals surface area contributed by atoms with Gasteiger partial charge in [-0.2, -0.15) is 5.26 Å². The fraction of sp³-hybridized carbons (Fsp3) is 0.500. The topological polar surface area (TPSA) is 57.9 Å². The molecule has 3 nitrogen and oxygen atoms in total. The van der Waals surface area contributed by atoms with E-state index in [1.807, 2.05) is 12.1 Å². The minimum Gasteiger partial charge on any atom is -0.229 e. The maximum absolute atomic E-state index is 11.6. The Morgan fingerprint density at radius 3 is 2.28 bits per heavy atom. The molecule has 0 saturated carbocycles. The summed E-state index contributed by atoms with van der Waals surface area (Å²) >= 11 is 0. The Morgan fingerprint density at radius 1 is 1.22 bits per heavy atom. The van der Waals surface area contributed by atoms with E-state index >= 15 is 0 Å². The molecule has 0 radical (unpaired) electrons. The van der Waals surface area contributed by atoms with Gasteiger partial charge in [0.2, 0.25) is 0 Å². The lowest BCUT2D eigenvalue weighted by molar-refractivity contribution is 0.277. The summed E-state index contributed by atoms with van der Waals surface area (Å²) in [7, 11) is -2.92. The second kappa shape index (κ2) is 3.83. The van der Waals surface area contributed by atoms with Crippen molar-refractivity contribution in [2.24, 2.45) is 11.3 Å². The molecule has 1 atom stereocenters. The lowest BCUT2D eigenvalue weighted by Gasteiger charge is -2.26. The second-order valence-electron chi connectivity index (χ2n) is 5.49. The van der Waals surface area contributed by atoms with Gasteiger partial charge in [0, 0.05) is 0 Å². The molecule has 0 aromatic heterocycles. The van der Waals surface area contributed by atoms with E-state index in [0.29, 0.717) is 19.3 Å². The predicted molar refractivity (Wildman–Crippen MR) is 68.7 cm³/mol. The average Bonchev–Trinajstić information content (AvgIpc) is 2.90. The van der Waals surface area contributed by atoms with Crippen molar-refractivity contribution in [2.75, 3.05) is 11.5 Å². The van der Waals surface area contributed by atoms with Crippen molar-refractivity contribution in [2.45, 2.75) is 19.3 Å². The molecule has 1 fully saturated rings. The zero-order valence-corrected chi connectivity index (χ0v) is 10.9. The van der Waals surface area contributed by atoms with Gasteiger partial charge in [-0.3, -0.25) is 0 Å². The van der Waals surface area contributed by atoms with Crippen molar-refractivity contribution in [1.29, 1.82) is 5.26 Å². The SMILES string of the molecule is N#CC1(C2CCS(=O)(=O)C2)Cc2ccccc2C1. The molecule has 1 saturated heterocycles. The maximum Gasteiger partial charge on any atom is 0.150 e. The molecule has 18 heavy (non-hydrogen) atoms. The zero-order valence-electron chi connectivity index (χ0n) is 10.1. The molecule has 1 aromatic rings. The molecule has 0 bridgehead atoms. The number of hydrogen-bond acceptors (Lipinski definition) is 3. The number of benzene rings is 1. The predicted octanol–water partition coefficient (Wildman–Crippen LogP) is 1.73. The number of nitriles is 1. The summed E-state index contributed by atoms with van der Waals surface area (Å²) in [6, 6.07) is 10.5. The first-order valence-corrected chi connectivity index (χ1v) is 8.05. The smallest absolute Gasteiger partial charge is 0.150 e. The van der Waals surface area contributed by atoms with Gasteiger partial charge in [0.05, 0.1) is 23.0 Å². The lowest BCUT2D eigenvalue weighted by atomic mass is 9.74. The first kappa shape index (κ1) is 11.7. The minimum absolute atomic E-state index is 0.0000926. The Bertz CT molecular complexity index is 602. The number of nitrogens with zero attached hydrogens (tertiary/aromatic N) is 1. The molecule has 1 aromatic carbocycles. The average molecular weight is 261 g/mol. The number of fused-ring (bicyclic) bond motifs is 1. The Labute approximate surface area is 107 Å². The molecule has 1 aliphatic heterocycles. The Balaban J connectivity index is 1.94. The van der Waals surface area contributed by atoms with Gasteiger partial charge in [0.1, 0.15) is 0 Å². The molecular formula is C14H15NO2S. The number of sulfone groups is 1. The van der Waals surface area contributed by atoms with Crippen molar-refractivity contribution >= 4 is 9.84 Å². The summed E-state index contributed by atoms with van der Waals surface area (Å²) in [5.41, 5.74) is 1.93. The number of rotatable bonds is 1. The van der Waals surface area contributed by atoms with E-state index in [1.165, 1.54) is 11.1 Å². The fourth-order valence-corrected chi connectivity index (χ4v) is 5.24. The third-order valence-corrected chi connectivity index (χ3v) is 6.13. The van der Waals surface area contributed by atoms with E-state index in [0.717, 1.165) is 0 Å². The summed E-state index contributed by atoms with van der Waals surface area (Å²) in [6.07, 6.45) is 2.06. The van der Waals surface area contributed by atoms with Crippen molar-refractivity contribution in [3.05, 3.63) is 35.4 Å². The van der Waals surface area contributed by atoms with Gasteiger partial charge in [-0.15, -0.1) is 0 Å². The highest BCUT2D eigenvalue weighted by Crippen LogP contribution is 2.46. The second-order valence-corrected chi connectivity index (χ2v) is 7.72. The van der Waals surface area contributed by atoms with Gasteiger partial charge in [-0.05, 0) is 36.3 Å². The summed E-state index contributed by atoms with van der Waals surface area (Å²) in [4.78, 5) is 0. The molecule has 0 spiro atoms. The quantitative estimate of drug-likeness (QED) is 0.773. The Morgan fingerprint density at radius 2 is 1.83 bits per heavy atom. The van der Waals surface area contributed by atoms with Crippen LogP contribution in [0.2, 0.25) is 0 Å². The van der Waals surface area contributed by atoms with E-state index in [9.17, 15) is 13.7 Å². The molecule has 2 aliphatic rings. The van der Waals surface area contributed by atoms with Gasteiger partial charge < -0.3 is 0 Å². The van der Waals surface area contributed by atoms with Gasteiger partial charge in [-0.25, -0.2) is 8.42 Å². The van der Waals surface area contributed by atoms with Crippen LogP contribution in [0.3, 0.4) is 0 Å². The highest BCUT2D eigenvalue weighted by Gasteiger charge is 2.48. The van der Waals surface area contributed by atoms with Crippen LogP contribution >= 0.6 is 0 Å². The Kier molecular flexibility index (Phi) is 2.49. The molecule has 1 aliphatic carbocycles. The van der Waals surface area contributed by atoms with E-state index in [2.05, 4.69) is 18.2 Å². The zero-order chi connectivity index (χ0) is 12.8. The molecule has 0 amide bonds. The van der Waals surface area contributed by atoms with Crippen molar-refractivity contribution in [3.63, 3.8) is 0 Å². The third kappa shape index (κ3) is 1.74. The van der Waals surface area contributed by atoms with Gasteiger partial charge in [0.15, 0.2) is 9.84 Å². The van der Waals surface area contributed by atoms with Crippen LogP contribution in [0.25, 0.3) is 0 Å². The Hall–Kier alpha value is -1.34. The van der Waals surface area contributed by atoms with E-state index in [4.69, 9.17) is 0 Å². The summed E-state index contributed by atoms with van der Waals surface area (Å²) in [5, 5.41) is 9.57. The molecule has 3 rings (SSSR count). The minimum atomic E-state index is -2.92. The molecule has 94 valence electrons. The van der Waals surface area contributed by atoms with E-state index < -0.39 is 15.3 Å². The highest BCUT2D eigenvalue weighted by molar-refractivity contribution is 7.91. The molecule has 1 unspecified atom stereocenters. The van der Waals surface area contributed by atoms with Crippen LogP contribution in [0.5, 0.6) is 0 Å². The van der Waals surface area contributed by atoms with Crippen LogP contribution in [-0.4, -0.2) is 19.9 Å². The van der Waals surface area contributed by atoms with Crippen LogP contribution < -0.4 is 0 Å². The summed E-state index contributed by atoms with van der Waals surface area (Å²) < 4.78 is 23.2. The van der Waals surface area contributed by atoms with Gasteiger partial charge in [0.25, 0.3) is 0 Å². The van der Waals surface area contributed by atoms with Crippen LogP contribution in [0.1, 0.15) is 17.5 Å². The first-order valence-electron chi connectivity index (χ1n) is 6.23. The molecule has 0 N–H and O–H groups in total. The van der Waals surface area contributed by atoms with Crippen LogP contribution in [0.4, 0.5) is 0 Å². The van der Waals surface area contributed by atoms with Gasteiger partial charge >= 0.3 is 0 Å². The summed E-state index contributed by atoms with van der Waals surface area (Å²) in [6.45, 7) is 0. The van der Waals surface area contributed by atoms with E-state index in [1.54, 1.807) is 0 Å². The lowest BCUT2D eigenvalue weighted by Crippen LogP contribution is -2.30. The highest BCUT2D eigenvalue weighted by atomic mass is 32.2. The van der Waals surface area contributed by atoms with Crippen LogP contribution in [0.15, 0.2) is 24.3 Å².